The summed E-state index contributed by atoms with van der Waals surface area (Å²) in [6.45, 7) is 1.13. The molecule has 0 spiro atoms. The number of likely N-dealkylation sites (tertiary alicyclic amines) is 1. The molecular weight excluding hydrogens is 388 g/mol. The lowest BCUT2D eigenvalue weighted by Crippen LogP contribution is -2.34. The van der Waals surface area contributed by atoms with Gasteiger partial charge in [-0.1, -0.05) is 18.2 Å². The van der Waals surface area contributed by atoms with Gasteiger partial charge in [-0.15, -0.1) is 0 Å². The Morgan fingerprint density at radius 1 is 0.862 bits per heavy atom. The molecule has 2 aromatic carbocycles. The van der Waals surface area contributed by atoms with Gasteiger partial charge in [-0.3, -0.25) is 9.59 Å². The Labute approximate surface area is 164 Å². The highest BCUT2D eigenvalue weighted by molar-refractivity contribution is 6.45. The summed E-state index contributed by atoms with van der Waals surface area (Å²) >= 11 is 0. The average molecular weight is 404 g/mol. The van der Waals surface area contributed by atoms with E-state index in [0.29, 0.717) is 18.7 Å². The number of carbonyl (C=O) groups is 2. The number of hydrogen-bond acceptors (Lipinski definition) is 3. The molecule has 2 aromatic rings. The van der Waals surface area contributed by atoms with Crippen molar-refractivity contribution in [3.63, 3.8) is 0 Å². The van der Waals surface area contributed by atoms with Crippen molar-refractivity contribution in [2.24, 2.45) is 0 Å². The molecular formula is C21H16F4N2O2. The maximum atomic E-state index is 13.3. The van der Waals surface area contributed by atoms with Gasteiger partial charge in [0.2, 0.25) is 0 Å². The van der Waals surface area contributed by atoms with Gasteiger partial charge in [0.15, 0.2) is 0 Å². The first kappa shape index (κ1) is 19.2. The van der Waals surface area contributed by atoms with Crippen LogP contribution in [0, 0.1) is 5.82 Å². The molecule has 0 atom stereocenters. The van der Waals surface area contributed by atoms with Crippen molar-refractivity contribution >= 4 is 23.1 Å². The van der Waals surface area contributed by atoms with Crippen LogP contribution in [0.25, 0.3) is 5.57 Å². The van der Waals surface area contributed by atoms with Crippen molar-refractivity contribution in [1.82, 2.24) is 4.90 Å². The van der Waals surface area contributed by atoms with Crippen molar-refractivity contribution in [3.05, 3.63) is 71.2 Å². The number of nitrogens with zero attached hydrogens (tertiary/aromatic N) is 2. The Morgan fingerprint density at radius 3 is 2.14 bits per heavy atom. The molecule has 0 radical (unpaired) electrons. The van der Waals surface area contributed by atoms with Crippen molar-refractivity contribution in [3.8, 4) is 0 Å². The van der Waals surface area contributed by atoms with Gasteiger partial charge in [-0.05, 0) is 48.7 Å². The molecule has 0 bridgehead atoms. The number of imide groups is 1. The van der Waals surface area contributed by atoms with Crippen LogP contribution in [0.4, 0.5) is 23.2 Å². The Morgan fingerprint density at radius 2 is 1.52 bits per heavy atom. The fourth-order valence-electron chi connectivity index (χ4n) is 3.68. The van der Waals surface area contributed by atoms with Crippen molar-refractivity contribution in [2.75, 3.05) is 18.0 Å². The number of amides is 2. The SMILES string of the molecule is O=C1C(c2ccc(F)cc2)=C(N2CCCC2)C(=O)N1c1cccc(C(F)(F)F)c1. The standard InChI is InChI=1S/C21H16F4N2O2/c22-15-8-6-13(7-9-15)17-18(26-10-1-2-11-26)20(29)27(19(17)28)16-5-3-4-14(12-16)21(23,24)25/h3-9,12H,1-2,10-11H2. The second kappa shape index (κ2) is 7.02. The summed E-state index contributed by atoms with van der Waals surface area (Å²) in [6.07, 6.45) is -2.93. The third-order valence-electron chi connectivity index (χ3n) is 5.05. The lowest BCUT2D eigenvalue weighted by Gasteiger charge is -2.20. The highest BCUT2D eigenvalue weighted by Gasteiger charge is 2.43. The molecule has 1 fully saturated rings. The maximum Gasteiger partial charge on any atom is 0.416 e. The van der Waals surface area contributed by atoms with Crippen LogP contribution >= 0.6 is 0 Å². The molecule has 2 aliphatic heterocycles. The molecule has 150 valence electrons. The van der Waals surface area contributed by atoms with Crippen molar-refractivity contribution < 1.29 is 27.2 Å². The minimum atomic E-state index is -4.60. The zero-order valence-corrected chi connectivity index (χ0v) is 15.2. The van der Waals surface area contributed by atoms with E-state index in [1.54, 1.807) is 4.90 Å². The number of alkyl halides is 3. The zero-order valence-electron chi connectivity index (χ0n) is 15.2. The third kappa shape index (κ3) is 3.39. The number of hydrogen-bond donors (Lipinski definition) is 0. The van der Waals surface area contributed by atoms with E-state index in [1.807, 2.05) is 0 Å². The second-order valence-corrected chi connectivity index (χ2v) is 6.92. The normalized spacial score (nSPS) is 17.7. The highest BCUT2D eigenvalue weighted by Crippen LogP contribution is 2.38. The quantitative estimate of drug-likeness (QED) is 0.568. The highest BCUT2D eigenvalue weighted by atomic mass is 19.4. The predicted octanol–water partition coefficient (Wildman–Crippen LogP) is 4.22. The molecule has 0 aromatic heterocycles. The monoisotopic (exact) mass is 404 g/mol. The topological polar surface area (TPSA) is 40.6 Å². The molecule has 2 heterocycles. The summed E-state index contributed by atoms with van der Waals surface area (Å²) in [4.78, 5) is 28.9. The van der Waals surface area contributed by atoms with Crippen molar-refractivity contribution in [2.45, 2.75) is 19.0 Å². The number of carbonyl (C=O) groups excluding carboxylic acids is 2. The number of rotatable bonds is 3. The van der Waals surface area contributed by atoms with E-state index >= 15 is 0 Å². The second-order valence-electron chi connectivity index (χ2n) is 6.92. The molecule has 29 heavy (non-hydrogen) atoms. The lowest BCUT2D eigenvalue weighted by atomic mass is 10.0. The first-order valence-corrected chi connectivity index (χ1v) is 9.08. The van der Waals surface area contributed by atoms with Gasteiger partial charge in [0.25, 0.3) is 11.8 Å². The van der Waals surface area contributed by atoms with E-state index in [4.69, 9.17) is 0 Å². The third-order valence-corrected chi connectivity index (χ3v) is 5.05. The van der Waals surface area contributed by atoms with Crippen LogP contribution in [-0.2, 0) is 15.8 Å². The van der Waals surface area contributed by atoms with Gasteiger partial charge >= 0.3 is 6.18 Å². The molecule has 4 nitrogen and oxygen atoms in total. The lowest BCUT2D eigenvalue weighted by molar-refractivity contribution is -0.137. The Balaban J connectivity index is 1.81. The molecule has 2 amide bonds. The minimum absolute atomic E-state index is 0.0781. The van der Waals surface area contributed by atoms with Crippen LogP contribution in [-0.4, -0.2) is 29.8 Å². The Kier molecular flexibility index (Phi) is 4.64. The molecule has 0 saturated carbocycles. The average Bonchev–Trinajstić information content (AvgIpc) is 3.28. The summed E-state index contributed by atoms with van der Waals surface area (Å²) in [5.41, 5.74) is -0.524. The van der Waals surface area contributed by atoms with Crippen LogP contribution in [0.1, 0.15) is 24.0 Å². The van der Waals surface area contributed by atoms with Gasteiger partial charge < -0.3 is 4.90 Å². The number of anilines is 1. The summed E-state index contributed by atoms with van der Waals surface area (Å²) < 4.78 is 52.7. The summed E-state index contributed by atoms with van der Waals surface area (Å²) in [6, 6.07) is 9.24. The van der Waals surface area contributed by atoms with Crippen LogP contribution in [0.3, 0.4) is 0 Å². The Bertz CT molecular complexity index is 1010. The fraction of sp³-hybridized carbons (Fsp3) is 0.238. The smallest absolute Gasteiger partial charge is 0.366 e. The van der Waals surface area contributed by atoms with Gasteiger partial charge in [0.1, 0.15) is 11.5 Å². The molecule has 0 aliphatic carbocycles. The van der Waals surface area contributed by atoms with E-state index in [0.717, 1.165) is 35.9 Å². The van der Waals surface area contributed by atoms with E-state index in [-0.39, 0.29) is 17.0 Å². The summed E-state index contributed by atoms with van der Waals surface area (Å²) in [5, 5.41) is 0. The molecule has 0 N–H and O–H groups in total. The van der Waals surface area contributed by atoms with Crippen LogP contribution in [0.15, 0.2) is 54.2 Å². The molecule has 1 saturated heterocycles. The zero-order chi connectivity index (χ0) is 20.8. The molecule has 8 heteroatoms. The van der Waals surface area contributed by atoms with Crippen molar-refractivity contribution in [1.29, 1.82) is 0 Å². The van der Waals surface area contributed by atoms with Crippen LogP contribution in [0.5, 0.6) is 0 Å². The number of benzene rings is 2. The minimum Gasteiger partial charge on any atom is -0.366 e. The van der Waals surface area contributed by atoms with Crippen LogP contribution < -0.4 is 4.90 Å². The molecule has 4 rings (SSSR count). The van der Waals surface area contributed by atoms with Gasteiger partial charge in [0, 0.05) is 13.1 Å². The van der Waals surface area contributed by atoms with Gasteiger partial charge in [-0.2, -0.15) is 13.2 Å². The maximum absolute atomic E-state index is 13.3. The molecule has 0 unspecified atom stereocenters. The van der Waals surface area contributed by atoms with Gasteiger partial charge in [-0.25, -0.2) is 9.29 Å². The summed E-state index contributed by atoms with van der Waals surface area (Å²) in [7, 11) is 0. The van der Waals surface area contributed by atoms with Gasteiger partial charge in [0.05, 0.1) is 16.8 Å². The molecule has 2 aliphatic rings. The number of halogens is 4. The largest absolute Gasteiger partial charge is 0.416 e. The first-order valence-electron chi connectivity index (χ1n) is 9.08. The van der Waals surface area contributed by atoms with E-state index in [2.05, 4.69) is 0 Å². The van der Waals surface area contributed by atoms with E-state index in [1.165, 1.54) is 30.3 Å². The Hall–Kier alpha value is -3.16. The summed E-state index contributed by atoms with van der Waals surface area (Å²) in [5.74, 6) is -1.89. The first-order chi connectivity index (χ1) is 13.8. The van der Waals surface area contributed by atoms with Crippen LogP contribution in [0.2, 0.25) is 0 Å². The van der Waals surface area contributed by atoms with E-state index in [9.17, 15) is 27.2 Å². The predicted molar refractivity (Wildman–Crippen MR) is 98.1 cm³/mol. The van der Waals surface area contributed by atoms with E-state index < -0.39 is 29.4 Å². The fourth-order valence-corrected chi connectivity index (χ4v) is 3.68.